The minimum atomic E-state index is 0.473. The fraction of sp³-hybridized carbons (Fsp3) is 0.385. The lowest BCUT2D eigenvalue weighted by Gasteiger charge is -2.20. The summed E-state index contributed by atoms with van der Waals surface area (Å²) in [6.45, 7) is 2.23. The van der Waals surface area contributed by atoms with Gasteiger partial charge in [0.25, 0.3) is 0 Å². The Balaban J connectivity index is 2.84. The van der Waals surface area contributed by atoms with Gasteiger partial charge < -0.3 is 0 Å². The number of terminal acetylenes is 1. The lowest BCUT2D eigenvalue weighted by molar-refractivity contribution is 0.519. The monoisotopic (exact) mass is 250 g/mol. The van der Waals surface area contributed by atoms with E-state index in [2.05, 4.69) is 53.0 Å². The van der Waals surface area contributed by atoms with E-state index in [0.717, 1.165) is 11.8 Å². The predicted octanol–water partition coefficient (Wildman–Crippen LogP) is 3.82. The van der Waals surface area contributed by atoms with Crippen molar-refractivity contribution < 1.29 is 0 Å². The van der Waals surface area contributed by atoms with Crippen molar-refractivity contribution in [2.24, 2.45) is 5.92 Å². The molecule has 0 nitrogen and oxygen atoms in total. The summed E-state index contributed by atoms with van der Waals surface area (Å²) in [4.78, 5) is 0. The zero-order chi connectivity index (χ0) is 10.4. The Bertz CT molecular complexity index is 297. The maximum atomic E-state index is 5.39. The van der Waals surface area contributed by atoms with E-state index in [1.54, 1.807) is 0 Å². The molecule has 0 aliphatic rings. The zero-order valence-electron chi connectivity index (χ0n) is 8.41. The number of halogens is 1. The molecule has 0 spiro atoms. The first-order chi connectivity index (χ1) is 6.79. The third-order valence-corrected chi connectivity index (χ3v) is 3.52. The van der Waals surface area contributed by atoms with Gasteiger partial charge in [0, 0.05) is 11.8 Å². The standard InChI is InChI=1S/C13H15Br/c1-3-7-13(11(2)10-14)12-8-5-4-6-9-12/h1,4-6,8-9,11,13H,7,10H2,2H3/t11-,13-/m0/s1. The average Bonchev–Trinajstić information content (AvgIpc) is 2.26. The molecule has 0 bridgehead atoms. The van der Waals surface area contributed by atoms with Crippen molar-refractivity contribution in [2.75, 3.05) is 5.33 Å². The van der Waals surface area contributed by atoms with Crippen molar-refractivity contribution in [1.82, 2.24) is 0 Å². The average molecular weight is 251 g/mol. The Morgan fingerprint density at radius 3 is 2.50 bits per heavy atom. The van der Waals surface area contributed by atoms with Crippen LogP contribution in [0.1, 0.15) is 24.8 Å². The number of hydrogen-bond donors (Lipinski definition) is 0. The van der Waals surface area contributed by atoms with Crippen molar-refractivity contribution in [3.63, 3.8) is 0 Å². The van der Waals surface area contributed by atoms with E-state index in [0.29, 0.717) is 11.8 Å². The van der Waals surface area contributed by atoms with E-state index < -0.39 is 0 Å². The van der Waals surface area contributed by atoms with Crippen LogP contribution in [0.15, 0.2) is 30.3 Å². The van der Waals surface area contributed by atoms with Crippen molar-refractivity contribution >= 4 is 15.9 Å². The molecular weight excluding hydrogens is 236 g/mol. The van der Waals surface area contributed by atoms with E-state index in [1.165, 1.54) is 5.56 Å². The number of alkyl halides is 1. The van der Waals surface area contributed by atoms with Gasteiger partial charge in [-0.05, 0) is 17.4 Å². The third kappa shape index (κ3) is 2.89. The Morgan fingerprint density at radius 2 is 2.00 bits per heavy atom. The van der Waals surface area contributed by atoms with Gasteiger partial charge in [-0.3, -0.25) is 0 Å². The normalized spacial score (nSPS) is 14.4. The summed E-state index contributed by atoms with van der Waals surface area (Å²) in [5.41, 5.74) is 1.34. The van der Waals surface area contributed by atoms with Crippen LogP contribution >= 0.6 is 15.9 Å². The van der Waals surface area contributed by atoms with Gasteiger partial charge in [-0.15, -0.1) is 12.3 Å². The highest BCUT2D eigenvalue weighted by Gasteiger charge is 2.16. The van der Waals surface area contributed by atoms with Gasteiger partial charge in [-0.25, -0.2) is 0 Å². The van der Waals surface area contributed by atoms with E-state index in [-0.39, 0.29) is 0 Å². The van der Waals surface area contributed by atoms with Crippen LogP contribution in [0.3, 0.4) is 0 Å². The van der Waals surface area contributed by atoms with Crippen LogP contribution < -0.4 is 0 Å². The van der Waals surface area contributed by atoms with Crippen LogP contribution in [0.25, 0.3) is 0 Å². The number of benzene rings is 1. The van der Waals surface area contributed by atoms with Crippen molar-refractivity contribution in [3.8, 4) is 12.3 Å². The Hall–Kier alpha value is -0.740. The first-order valence-corrected chi connectivity index (χ1v) is 5.96. The molecule has 0 N–H and O–H groups in total. The SMILES string of the molecule is C#CC[C@H](c1ccccc1)[C@@H](C)CBr. The molecule has 0 heterocycles. The topological polar surface area (TPSA) is 0 Å². The van der Waals surface area contributed by atoms with Gasteiger partial charge >= 0.3 is 0 Å². The second kappa shape index (κ2) is 5.88. The highest BCUT2D eigenvalue weighted by molar-refractivity contribution is 9.09. The van der Waals surface area contributed by atoms with Gasteiger partial charge in [0.15, 0.2) is 0 Å². The molecule has 0 fully saturated rings. The molecule has 1 aromatic carbocycles. The van der Waals surface area contributed by atoms with Gasteiger partial charge in [0.1, 0.15) is 0 Å². The Morgan fingerprint density at radius 1 is 1.36 bits per heavy atom. The second-order valence-corrected chi connectivity index (χ2v) is 4.20. The summed E-state index contributed by atoms with van der Waals surface area (Å²) in [5, 5.41) is 0.994. The lowest BCUT2D eigenvalue weighted by atomic mass is 9.86. The van der Waals surface area contributed by atoms with Gasteiger partial charge in [-0.2, -0.15) is 0 Å². The first-order valence-electron chi connectivity index (χ1n) is 4.84. The minimum absolute atomic E-state index is 0.473. The highest BCUT2D eigenvalue weighted by Crippen LogP contribution is 2.28. The molecule has 2 atom stereocenters. The number of rotatable bonds is 4. The molecule has 1 aromatic rings. The highest BCUT2D eigenvalue weighted by atomic mass is 79.9. The van der Waals surface area contributed by atoms with Crippen LogP contribution in [0.2, 0.25) is 0 Å². The largest absolute Gasteiger partial charge is 0.120 e. The molecule has 0 saturated heterocycles. The lowest BCUT2D eigenvalue weighted by Crippen LogP contribution is -2.10. The van der Waals surface area contributed by atoms with Gasteiger partial charge in [-0.1, -0.05) is 53.2 Å². The first kappa shape index (κ1) is 11.3. The van der Waals surface area contributed by atoms with Crippen molar-refractivity contribution in [3.05, 3.63) is 35.9 Å². The summed E-state index contributed by atoms with van der Waals surface area (Å²) in [6, 6.07) is 10.5. The molecule has 74 valence electrons. The molecule has 0 amide bonds. The van der Waals surface area contributed by atoms with E-state index >= 15 is 0 Å². The summed E-state index contributed by atoms with van der Waals surface area (Å²) >= 11 is 3.51. The molecule has 14 heavy (non-hydrogen) atoms. The summed E-state index contributed by atoms with van der Waals surface area (Å²) in [5.74, 6) is 3.81. The van der Waals surface area contributed by atoms with Crippen molar-refractivity contribution in [2.45, 2.75) is 19.3 Å². The van der Waals surface area contributed by atoms with Crippen molar-refractivity contribution in [1.29, 1.82) is 0 Å². The summed E-state index contributed by atoms with van der Waals surface area (Å²) in [6.07, 6.45) is 6.21. The Labute approximate surface area is 94.9 Å². The molecule has 0 unspecified atom stereocenters. The van der Waals surface area contributed by atoms with E-state index in [4.69, 9.17) is 6.42 Å². The fourth-order valence-corrected chi connectivity index (χ4v) is 2.03. The molecule has 1 heteroatoms. The predicted molar refractivity (Wildman–Crippen MR) is 65.6 cm³/mol. The molecule has 0 aliphatic carbocycles. The molecule has 1 rings (SSSR count). The smallest absolute Gasteiger partial charge is 0.0158 e. The maximum Gasteiger partial charge on any atom is 0.0158 e. The number of hydrogen-bond acceptors (Lipinski definition) is 0. The summed E-state index contributed by atoms with van der Waals surface area (Å²) < 4.78 is 0. The molecule has 0 radical (unpaired) electrons. The molecular formula is C13H15Br. The van der Waals surface area contributed by atoms with Crippen LogP contribution in [0.5, 0.6) is 0 Å². The van der Waals surface area contributed by atoms with Crippen LogP contribution in [0.4, 0.5) is 0 Å². The van der Waals surface area contributed by atoms with E-state index in [9.17, 15) is 0 Å². The quantitative estimate of drug-likeness (QED) is 0.563. The zero-order valence-corrected chi connectivity index (χ0v) is 10.00. The minimum Gasteiger partial charge on any atom is -0.120 e. The Kier molecular flexibility index (Phi) is 4.76. The van der Waals surface area contributed by atoms with Crippen LogP contribution in [-0.4, -0.2) is 5.33 Å². The molecule has 0 saturated carbocycles. The van der Waals surface area contributed by atoms with Gasteiger partial charge in [0.05, 0.1) is 0 Å². The fourth-order valence-electron chi connectivity index (χ4n) is 1.58. The molecule has 0 aromatic heterocycles. The van der Waals surface area contributed by atoms with E-state index in [1.807, 2.05) is 6.07 Å². The van der Waals surface area contributed by atoms with Gasteiger partial charge in [0.2, 0.25) is 0 Å². The summed E-state index contributed by atoms with van der Waals surface area (Å²) in [7, 11) is 0. The van der Waals surface area contributed by atoms with Crippen LogP contribution in [0, 0.1) is 18.3 Å². The second-order valence-electron chi connectivity index (χ2n) is 3.56. The maximum absolute atomic E-state index is 5.39. The third-order valence-electron chi connectivity index (χ3n) is 2.50. The van der Waals surface area contributed by atoms with Crippen LogP contribution in [-0.2, 0) is 0 Å². The molecule has 0 aliphatic heterocycles.